The average molecular weight is 272 g/mol. The molecule has 3 nitrogen and oxygen atoms in total. The Balaban J connectivity index is 2.65. The highest BCUT2D eigenvalue weighted by atomic mass is 79.9. The van der Waals surface area contributed by atoms with E-state index in [0.717, 1.165) is 10.0 Å². The normalized spacial score (nSPS) is 12.2. The Labute approximate surface area is 97.7 Å². The molecule has 0 saturated carbocycles. The van der Waals surface area contributed by atoms with Crippen LogP contribution in [0.25, 0.3) is 0 Å². The zero-order chi connectivity index (χ0) is 11.3. The Morgan fingerprint density at radius 2 is 2.20 bits per heavy atom. The fraction of sp³-hybridized carbons (Fsp3) is 0.364. The summed E-state index contributed by atoms with van der Waals surface area (Å²) < 4.78 is 5.76. The number of ether oxygens (including phenoxy) is 1. The molecule has 0 aliphatic heterocycles. The van der Waals surface area contributed by atoms with E-state index in [1.807, 2.05) is 24.3 Å². The van der Waals surface area contributed by atoms with Crippen molar-refractivity contribution in [1.29, 1.82) is 0 Å². The third kappa shape index (κ3) is 3.64. The van der Waals surface area contributed by atoms with Gasteiger partial charge in [0.15, 0.2) is 0 Å². The van der Waals surface area contributed by atoms with Crippen LogP contribution < -0.4 is 5.73 Å². The van der Waals surface area contributed by atoms with E-state index in [1.54, 1.807) is 6.92 Å². The molecule has 15 heavy (non-hydrogen) atoms. The van der Waals surface area contributed by atoms with Gasteiger partial charge in [0.1, 0.15) is 0 Å². The monoisotopic (exact) mass is 271 g/mol. The molecule has 0 fully saturated rings. The molecule has 1 atom stereocenters. The van der Waals surface area contributed by atoms with Crippen molar-refractivity contribution in [3.05, 3.63) is 34.3 Å². The van der Waals surface area contributed by atoms with E-state index in [-0.39, 0.29) is 18.4 Å². The van der Waals surface area contributed by atoms with E-state index >= 15 is 0 Å². The molecule has 4 heteroatoms. The molecule has 1 aromatic rings. The van der Waals surface area contributed by atoms with Gasteiger partial charge in [-0.2, -0.15) is 0 Å². The molecule has 2 N–H and O–H groups in total. The quantitative estimate of drug-likeness (QED) is 0.856. The van der Waals surface area contributed by atoms with E-state index in [2.05, 4.69) is 15.9 Å². The number of halogens is 1. The highest BCUT2D eigenvalue weighted by Gasteiger charge is 2.14. The fourth-order valence-corrected chi connectivity index (χ4v) is 1.86. The zero-order valence-electron chi connectivity index (χ0n) is 8.57. The van der Waals surface area contributed by atoms with Crippen LogP contribution in [0.5, 0.6) is 0 Å². The van der Waals surface area contributed by atoms with Crippen LogP contribution in [0.3, 0.4) is 0 Å². The summed E-state index contributed by atoms with van der Waals surface area (Å²) in [5.74, 6) is -0.263. The third-order valence-electron chi connectivity index (χ3n) is 2.00. The summed E-state index contributed by atoms with van der Waals surface area (Å²) in [7, 11) is 0. The van der Waals surface area contributed by atoms with Crippen LogP contribution in [0.15, 0.2) is 28.7 Å². The standard InChI is InChI=1S/C11H14BrNO2/c1-2-15-11(14)7-10(13)8-5-3-4-6-9(8)12/h3-6,10H,2,7,13H2,1H3/t10-/m1/s1. The smallest absolute Gasteiger partial charge is 0.307 e. The molecule has 1 rings (SSSR count). The first-order valence-corrected chi connectivity index (χ1v) is 5.60. The van der Waals surface area contributed by atoms with Gasteiger partial charge in [-0.3, -0.25) is 4.79 Å². The molecule has 1 aromatic carbocycles. The van der Waals surface area contributed by atoms with Crippen LogP contribution in [-0.2, 0) is 9.53 Å². The zero-order valence-corrected chi connectivity index (χ0v) is 10.2. The lowest BCUT2D eigenvalue weighted by Gasteiger charge is -2.12. The number of benzene rings is 1. The predicted octanol–water partition coefficient (Wildman–Crippen LogP) is 2.40. The fourth-order valence-electron chi connectivity index (χ4n) is 1.29. The molecular weight excluding hydrogens is 258 g/mol. The third-order valence-corrected chi connectivity index (χ3v) is 2.72. The van der Waals surface area contributed by atoms with Crippen molar-refractivity contribution < 1.29 is 9.53 Å². The Hall–Kier alpha value is -0.870. The van der Waals surface area contributed by atoms with Gasteiger partial charge in [0.25, 0.3) is 0 Å². The number of carbonyl (C=O) groups is 1. The predicted molar refractivity (Wildman–Crippen MR) is 62.3 cm³/mol. The van der Waals surface area contributed by atoms with Gasteiger partial charge in [-0.15, -0.1) is 0 Å². The molecule has 0 radical (unpaired) electrons. The van der Waals surface area contributed by atoms with Crippen LogP contribution in [0.4, 0.5) is 0 Å². The van der Waals surface area contributed by atoms with Crippen molar-refractivity contribution in [3.8, 4) is 0 Å². The van der Waals surface area contributed by atoms with Crippen molar-refractivity contribution in [2.45, 2.75) is 19.4 Å². The maximum atomic E-state index is 11.2. The summed E-state index contributed by atoms with van der Waals surface area (Å²) in [5.41, 5.74) is 6.82. The molecule has 0 aliphatic rings. The van der Waals surface area contributed by atoms with Crippen LogP contribution in [0.1, 0.15) is 24.9 Å². The second-order valence-electron chi connectivity index (χ2n) is 3.14. The van der Waals surface area contributed by atoms with Crippen molar-refractivity contribution in [2.75, 3.05) is 6.61 Å². The van der Waals surface area contributed by atoms with Crippen LogP contribution in [0.2, 0.25) is 0 Å². The Bertz CT molecular complexity index is 341. The van der Waals surface area contributed by atoms with E-state index in [4.69, 9.17) is 10.5 Å². The Morgan fingerprint density at radius 1 is 1.53 bits per heavy atom. The van der Waals surface area contributed by atoms with Gasteiger partial charge in [0.05, 0.1) is 13.0 Å². The average Bonchev–Trinajstić information content (AvgIpc) is 2.18. The van der Waals surface area contributed by atoms with Gasteiger partial charge >= 0.3 is 5.97 Å². The Morgan fingerprint density at radius 3 is 2.80 bits per heavy atom. The minimum Gasteiger partial charge on any atom is -0.466 e. The highest BCUT2D eigenvalue weighted by Crippen LogP contribution is 2.23. The van der Waals surface area contributed by atoms with Crippen LogP contribution in [0, 0.1) is 0 Å². The van der Waals surface area contributed by atoms with E-state index in [1.165, 1.54) is 0 Å². The summed E-state index contributed by atoms with van der Waals surface area (Å²) >= 11 is 3.39. The number of nitrogens with two attached hydrogens (primary N) is 1. The summed E-state index contributed by atoms with van der Waals surface area (Å²) in [4.78, 5) is 11.2. The molecule has 82 valence electrons. The number of carbonyl (C=O) groups excluding carboxylic acids is 1. The number of hydrogen-bond acceptors (Lipinski definition) is 3. The Kier molecular flexibility index (Phi) is 4.78. The molecule has 0 spiro atoms. The first kappa shape index (κ1) is 12.2. The van der Waals surface area contributed by atoms with Gasteiger partial charge in [-0.05, 0) is 18.6 Å². The molecule has 0 bridgehead atoms. The summed E-state index contributed by atoms with van der Waals surface area (Å²) in [6, 6.07) is 7.28. The maximum Gasteiger partial charge on any atom is 0.307 e. The van der Waals surface area contributed by atoms with Gasteiger partial charge in [0.2, 0.25) is 0 Å². The van der Waals surface area contributed by atoms with Crippen LogP contribution in [-0.4, -0.2) is 12.6 Å². The van der Waals surface area contributed by atoms with Gasteiger partial charge in [-0.1, -0.05) is 34.1 Å². The maximum absolute atomic E-state index is 11.2. The first-order valence-electron chi connectivity index (χ1n) is 4.80. The van der Waals surface area contributed by atoms with Gasteiger partial charge in [-0.25, -0.2) is 0 Å². The second kappa shape index (κ2) is 5.88. The molecule has 0 aliphatic carbocycles. The van der Waals surface area contributed by atoms with E-state index in [0.29, 0.717) is 6.61 Å². The number of rotatable bonds is 4. The van der Waals surface area contributed by atoms with Crippen molar-refractivity contribution in [3.63, 3.8) is 0 Å². The van der Waals surface area contributed by atoms with Gasteiger partial charge in [0, 0.05) is 10.5 Å². The second-order valence-corrected chi connectivity index (χ2v) is 3.99. The lowest BCUT2D eigenvalue weighted by molar-refractivity contribution is -0.143. The number of hydrogen-bond donors (Lipinski definition) is 1. The van der Waals surface area contributed by atoms with Crippen molar-refractivity contribution in [1.82, 2.24) is 0 Å². The summed E-state index contributed by atoms with van der Waals surface area (Å²) in [6.07, 6.45) is 0.205. The SMILES string of the molecule is CCOC(=O)C[C@@H](N)c1ccccc1Br. The largest absolute Gasteiger partial charge is 0.466 e. The molecular formula is C11H14BrNO2. The number of esters is 1. The van der Waals surface area contributed by atoms with Crippen molar-refractivity contribution >= 4 is 21.9 Å². The molecule has 0 heterocycles. The molecule has 0 unspecified atom stereocenters. The summed E-state index contributed by atoms with van der Waals surface area (Å²) in [5, 5.41) is 0. The van der Waals surface area contributed by atoms with E-state index < -0.39 is 0 Å². The molecule has 0 amide bonds. The lowest BCUT2D eigenvalue weighted by atomic mass is 10.1. The van der Waals surface area contributed by atoms with Crippen molar-refractivity contribution in [2.24, 2.45) is 5.73 Å². The van der Waals surface area contributed by atoms with Gasteiger partial charge < -0.3 is 10.5 Å². The minimum atomic E-state index is -0.320. The summed E-state index contributed by atoms with van der Waals surface area (Å²) in [6.45, 7) is 2.17. The highest BCUT2D eigenvalue weighted by molar-refractivity contribution is 9.10. The lowest BCUT2D eigenvalue weighted by Crippen LogP contribution is -2.17. The van der Waals surface area contributed by atoms with Crippen LogP contribution >= 0.6 is 15.9 Å². The first-order chi connectivity index (χ1) is 7.15. The molecule has 0 aromatic heterocycles. The topological polar surface area (TPSA) is 52.3 Å². The van der Waals surface area contributed by atoms with E-state index in [9.17, 15) is 4.79 Å². The molecule has 0 saturated heterocycles. The minimum absolute atomic E-state index is 0.205.